The van der Waals surface area contributed by atoms with E-state index >= 15 is 0 Å². The van der Waals surface area contributed by atoms with Gasteiger partial charge in [0.2, 0.25) is 0 Å². The first-order valence-corrected chi connectivity index (χ1v) is 7.36. The van der Waals surface area contributed by atoms with E-state index in [9.17, 15) is 0 Å². The molecule has 0 bridgehead atoms. The highest BCUT2D eigenvalue weighted by Gasteiger charge is 2.04. The summed E-state index contributed by atoms with van der Waals surface area (Å²) >= 11 is 0. The zero-order valence-electron chi connectivity index (χ0n) is 12.6. The Hall–Kier alpha value is -0.110. The van der Waals surface area contributed by atoms with Crippen molar-refractivity contribution in [3.63, 3.8) is 0 Å². The van der Waals surface area contributed by atoms with Gasteiger partial charge in [0, 0.05) is 0 Å². The Morgan fingerprint density at radius 3 is 1.29 bits per heavy atom. The molecule has 0 fully saturated rings. The van der Waals surface area contributed by atoms with Gasteiger partial charge in [0.25, 0.3) is 0 Å². The first-order valence-electron chi connectivity index (χ1n) is 7.36. The minimum Gasteiger partial charge on any atom is -1.00 e. The molecule has 0 aliphatic carbocycles. The van der Waals surface area contributed by atoms with Crippen LogP contribution in [0.25, 0.3) is 0 Å². The van der Waals surface area contributed by atoms with Crippen LogP contribution in [-0.4, -0.2) is 32.2 Å². The number of hydrogen-bond donors (Lipinski definition) is 0. The summed E-state index contributed by atoms with van der Waals surface area (Å²) in [5.41, 5.74) is 0. The quantitative estimate of drug-likeness (QED) is 0.384. The topological polar surface area (TPSA) is 0 Å². The van der Waals surface area contributed by atoms with Gasteiger partial charge in [-0.05, 0) is 12.8 Å². The van der Waals surface area contributed by atoms with Crippen LogP contribution in [0.4, 0.5) is 0 Å². The molecule has 0 aliphatic heterocycles. The van der Waals surface area contributed by atoms with Crippen molar-refractivity contribution in [2.45, 2.75) is 71.1 Å². The fourth-order valence-electron chi connectivity index (χ4n) is 2.07. The number of quaternary nitrogens is 1. The first kappa shape index (κ1) is 19.2. The number of hydrogen-bond acceptors (Lipinski definition) is 0. The minimum atomic E-state index is 0. The third kappa shape index (κ3) is 18.5. The molecule has 0 rings (SSSR count). The van der Waals surface area contributed by atoms with E-state index in [0.717, 1.165) is 4.48 Å². The SMILES string of the molecule is CCCCCCCCCCCC[N+](C)(C)C.[F-]. The molecule has 0 aromatic heterocycles. The molecule has 0 heterocycles. The largest absolute Gasteiger partial charge is 1.00 e. The minimum absolute atomic E-state index is 0. The smallest absolute Gasteiger partial charge is 0.0780 e. The van der Waals surface area contributed by atoms with Crippen LogP contribution in [-0.2, 0) is 0 Å². The van der Waals surface area contributed by atoms with Crippen LogP contribution in [0.1, 0.15) is 71.1 Å². The van der Waals surface area contributed by atoms with E-state index < -0.39 is 0 Å². The van der Waals surface area contributed by atoms with Crippen LogP contribution in [0.15, 0.2) is 0 Å². The van der Waals surface area contributed by atoms with E-state index in [2.05, 4.69) is 28.1 Å². The molecule has 106 valence electrons. The highest BCUT2D eigenvalue weighted by molar-refractivity contribution is 4.47. The van der Waals surface area contributed by atoms with Gasteiger partial charge in [-0.3, -0.25) is 0 Å². The Bertz CT molecular complexity index is 140. The summed E-state index contributed by atoms with van der Waals surface area (Å²) < 4.78 is 1.12. The first-order chi connectivity index (χ1) is 7.56. The predicted octanol–water partition coefficient (Wildman–Crippen LogP) is 1.62. The van der Waals surface area contributed by atoms with Gasteiger partial charge in [-0.25, -0.2) is 0 Å². The molecule has 0 unspecified atom stereocenters. The molecule has 0 atom stereocenters. The second-order valence-corrected chi connectivity index (χ2v) is 6.20. The third-order valence-electron chi connectivity index (χ3n) is 3.18. The molecule has 0 N–H and O–H groups in total. The lowest BCUT2D eigenvalue weighted by atomic mass is 10.1. The fraction of sp³-hybridized carbons (Fsp3) is 1.00. The molecule has 0 aromatic carbocycles. The van der Waals surface area contributed by atoms with Gasteiger partial charge in [0.05, 0.1) is 27.7 Å². The molecule has 0 saturated carbocycles. The van der Waals surface area contributed by atoms with E-state index in [4.69, 9.17) is 0 Å². The monoisotopic (exact) mass is 247 g/mol. The molecule has 0 amide bonds. The summed E-state index contributed by atoms with van der Waals surface area (Å²) in [6.45, 7) is 3.62. The van der Waals surface area contributed by atoms with E-state index in [1.54, 1.807) is 0 Å². The van der Waals surface area contributed by atoms with Crippen molar-refractivity contribution >= 4 is 0 Å². The van der Waals surface area contributed by atoms with Gasteiger partial charge < -0.3 is 9.19 Å². The van der Waals surface area contributed by atoms with Crippen molar-refractivity contribution in [2.75, 3.05) is 27.7 Å². The Morgan fingerprint density at radius 1 is 0.588 bits per heavy atom. The second kappa shape index (κ2) is 12.3. The maximum Gasteiger partial charge on any atom is 0.0780 e. The van der Waals surface area contributed by atoms with Gasteiger partial charge >= 0.3 is 0 Å². The summed E-state index contributed by atoms with van der Waals surface area (Å²) in [5, 5.41) is 0. The van der Waals surface area contributed by atoms with Crippen LogP contribution in [0.5, 0.6) is 0 Å². The van der Waals surface area contributed by atoms with Crippen molar-refractivity contribution < 1.29 is 9.19 Å². The van der Waals surface area contributed by atoms with Crippen molar-refractivity contribution in [1.29, 1.82) is 0 Å². The maximum atomic E-state index is 2.29. The van der Waals surface area contributed by atoms with Gasteiger partial charge in [0.15, 0.2) is 0 Å². The number of nitrogens with zero attached hydrogens (tertiary/aromatic N) is 1. The maximum absolute atomic E-state index is 2.29. The van der Waals surface area contributed by atoms with Gasteiger partial charge in [-0.15, -0.1) is 0 Å². The number of rotatable bonds is 11. The van der Waals surface area contributed by atoms with Crippen molar-refractivity contribution in [1.82, 2.24) is 0 Å². The van der Waals surface area contributed by atoms with Crippen LogP contribution in [0.2, 0.25) is 0 Å². The van der Waals surface area contributed by atoms with Crippen molar-refractivity contribution in [3.05, 3.63) is 0 Å². The summed E-state index contributed by atoms with van der Waals surface area (Å²) in [6, 6.07) is 0. The summed E-state index contributed by atoms with van der Waals surface area (Å²) in [6.07, 6.45) is 14.4. The van der Waals surface area contributed by atoms with Crippen molar-refractivity contribution in [2.24, 2.45) is 0 Å². The lowest BCUT2D eigenvalue weighted by molar-refractivity contribution is -0.870. The normalized spacial score (nSPS) is 11.3. The molecule has 0 aliphatic rings. The van der Waals surface area contributed by atoms with Crippen LogP contribution < -0.4 is 4.70 Å². The number of unbranched alkanes of at least 4 members (excludes halogenated alkanes) is 9. The molecule has 0 spiro atoms. The highest BCUT2D eigenvalue weighted by Crippen LogP contribution is 2.10. The van der Waals surface area contributed by atoms with E-state index in [-0.39, 0.29) is 4.70 Å². The van der Waals surface area contributed by atoms with Gasteiger partial charge in [0.1, 0.15) is 0 Å². The molecule has 0 saturated heterocycles. The predicted molar refractivity (Wildman–Crippen MR) is 74.7 cm³/mol. The standard InChI is InChI=1S/C15H34N.FH/c1-5-6-7-8-9-10-11-12-13-14-15-16(2,3)4;/h5-15H2,1-4H3;1H/q+1;/p-1. The Balaban J connectivity index is 0. The third-order valence-corrected chi connectivity index (χ3v) is 3.18. The number of halogens is 1. The van der Waals surface area contributed by atoms with Gasteiger partial charge in [-0.1, -0.05) is 58.3 Å². The summed E-state index contributed by atoms with van der Waals surface area (Å²) in [5.74, 6) is 0. The molecule has 0 radical (unpaired) electrons. The van der Waals surface area contributed by atoms with Gasteiger partial charge in [-0.2, -0.15) is 0 Å². The van der Waals surface area contributed by atoms with Crippen LogP contribution in [0.3, 0.4) is 0 Å². The average Bonchev–Trinajstić information content (AvgIpc) is 2.19. The van der Waals surface area contributed by atoms with Crippen LogP contribution in [0, 0.1) is 0 Å². The lowest BCUT2D eigenvalue weighted by Gasteiger charge is -2.23. The van der Waals surface area contributed by atoms with E-state index in [0.29, 0.717) is 0 Å². The van der Waals surface area contributed by atoms with E-state index in [1.165, 1.54) is 70.8 Å². The lowest BCUT2D eigenvalue weighted by Crippen LogP contribution is -3.00. The Labute approximate surface area is 109 Å². The summed E-state index contributed by atoms with van der Waals surface area (Å²) in [7, 11) is 6.86. The molecule has 1 nitrogen and oxygen atoms in total. The molecular weight excluding hydrogens is 213 g/mol. The molecular formula is C15H34FN. The average molecular weight is 247 g/mol. The Morgan fingerprint density at radius 2 is 0.941 bits per heavy atom. The fourth-order valence-corrected chi connectivity index (χ4v) is 2.07. The molecule has 0 aromatic rings. The highest BCUT2D eigenvalue weighted by atomic mass is 19.0. The van der Waals surface area contributed by atoms with Crippen molar-refractivity contribution in [3.8, 4) is 0 Å². The zero-order chi connectivity index (χ0) is 12.3. The van der Waals surface area contributed by atoms with Crippen LogP contribution >= 0.6 is 0 Å². The second-order valence-electron chi connectivity index (χ2n) is 6.20. The van der Waals surface area contributed by atoms with E-state index in [1.807, 2.05) is 0 Å². The zero-order valence-corrected chi connectivity index (χ0v) is 12.6. The summed E-state index contributed by atoms with van der Waals surface area (Å²) in [4.78, 5) is 0. The molecule has 17 heavy (non-hydrogen) atoms. The molecule has 2 heteroatoms. The Kier molecular flexibility index (Phi) is 14.0.